The van der Waals surface area contributed by atoms with Gasteiger partial charge in [-0.3, -0.25) is 0 Å². The summed E-state index contributed by atoms with van der Waals surface area (Å²) in [6.07, 6.45) is 4.60. The minimum Gasteiger partial charge on any atom is -0.508 e. The van der Waals surface area contributed by atoms with E-state index in [-0.39, 0.29) is 16.7 Å². The van der Waals surface area contributed by atoms with E-state index < -0.39 is 0 Å². The van der Waals surface area contributed by atoms with Crippen molar-refractivity contribution in [1.29, 1.82) is 0 Å². The first-order chi connectivity index (χ1) is 17.6. The number of allylic oxidation sites excluding steroid dienone is 1. The highest BCUT2D eigenvalue weighted by atomic mass is 16.3. The molecule has 0 aliphatic heterocycles. The van der Waals surface area contributed by atoms with Crippen LogP contribution in [-0.2, 0) is 17.3 Å². The summed E-state index contributed by atoms with van der Waals surface area (Å²) < 4.78 is 0. The zero-order chi connectivity index (χ0) is 28.8. The molecule has 0 fully saturated rings. The average molecular weight is 517 g/mol. The van der Waals surface area contributed by atoms with E-state index in [2.05, 4.69) is 81.0 Å². The maximum absolute atomic E-state index is 10.5. The molecule has 3 aromatic carbocycles. The Morgan fingerprint density at radius 2 is 1.18 bits per heavy atom. The first-order valence-electron chi connectivity index (χ1n) is 13.7. The molecule has 38 heavy (non-hydrogen) atoms. The fraction of sp³-hybridized carbons (Fsp3) is 0.429. The summed E-state index contributed by atoms with van der Waals surface area (Å²) in [5.74, 6) is 1.35. The van der Waals surface area contributed by atoms with E-state index in [1.807, 2.05) is 30.3 Å². The minimum atomic E-state index is -0.121. The van der Waals surface area contributed by atoms with Gasteiger partial charge in [0, 0.05) is 5.92 Å². The van der Waals surface area contributed by atoms with Gasteiger partial charge in [0.2, 0.25) is 0 Å². The van der Waals surface area contributed by atoms with E-state index in [0.29, 0.717) is 17.2 Å². The predicted molar refractivity (Wildman–Crippen MR) is 162 cm³/mol. The fourth-order valence-corrected chi connectivity index (χ4v) is 4.98. The van der Waals surface area contributed by atoms with Gasteiger partial charge in [-0.05, 0) is 94.7 Å². The van der Waals surface area contributed by atoms with Crippen molar-refractivity contribution < 1.29 is 15.3 Å². The summed E-state index contributed by atoms with van der Waals surface area (Å²) in [7, 11) is 0. The number of hydrogen-bond acceptors (Lipinski definition) is 3. The average Bonchev–Trinajstić information content (AvgIpc) is 2.79. The van der Waals surface area contributed by atoms with Crippen LogP contribution in [0, 0.1) is 13.8 Å². The third-order valence-corrected chi connectivity index (χ3v) is 7.07. The molecular formula is C35H48O3. The molecule has 0 radical (unpaired) electrons. The van der Waals surface area contributed by atoms with Crippen LogP contribution in [0.5, 0.6) is 17.2 Å². The van der Waals surface area contributed by atoms with E-state index in [4.69, 9.17) is 0 Å². The molecule has 0 saturated carbocycles. The summed E-state index contributed by atoms with van der Waals surface area (Å²) in [5.41, 5.74) is 7.45. The normalized spacial score (nSPS) is 11.7. The van der Waals surface area contributed by atoms with Crippen molar-refractivity contribution in [1.82, 2.24) is 0 Å². The Bertz CT molecular complexity index is 1170. The van der Waals surface area contributed by atoms with Crippen molar-refractivity contribution in [2.24, 2.45) is 0 Å². The van der Waals surface area contributed by atoms with Crippen LogP contribution in [-0.4, -0.2) is 15.3 Å². The van der Waals surface area contributed by atoms with Gasteiger partial charge >= 0.3 is 0 Å². The lowest BCUT2D eigenvalue weighted by atomic mass is 9.76. The van der Waals surface area contributed by atoms with Crippen LogP contribution in [0.25, 0.3) is 0 Å². The van der Waals surface area contributed by atoms with Crippen LogP contribution in [0.4, 0.5) is 0 Å². The fourth-order valence-electron chi connectivity index (χ4n) is 4.98. The zero-order valence-electron chi connectivity index (χ0n) is 24.9. The maximum atomic E-state index is 10.5. The van der Waals surface area contributed by atoms with Crippen molar-refractivity contribution in [3.05, 3.63) is 100 Å². The number of aryl methyl sites for hydroxylation is 2. The molecule has 3 heteroatoms. The van der Waals surface area contributed by atoms with Gasteiger partial charge in [0.15, 0.2) is 0 Å². The Morgan fingerprint density at radius 1 is 0.737 bits per heavy atom. The molecule has 3 nitrogen and oxygen atoms in total. The van der Waals surface area contributed by atoms with Crippen molar-refractivity contribution in [3.63, 3.8) is 0 Å². The van der Waals surface area contributed by atoms with Crippen molar-refractivity contribution >= 4 is 0 Å². The third kappa shape index (κ3) is 7.66. The number of phenolic OH excluding ortho intramolecular Hbond substituents is 3. The minimum absolute atomic E-state index is 0.121. The van der Waals surface area contributed by atoms with Crippen molar-refractivity contribution in [3.8, 4) is 17.2 Å². The quantitative estimate of drug-likeness (QED) is 0.286. The molecule has 0 spiro atoms. The molecule has 0 saturated heterocycles. The largest absolute Gasteiger partial charge is 0.508 e. The van der Waals surface area contributed by atoms with Gasteiger partial charge < -0.3 is 15.3 Å². The van der Waals surface area contributed by atoms with Gasteiger partial charge in [-0.1, -0.05) is 91.3 Å². The highest BCUT2D eigenvalue weighted by Crippen LogP contribution is 2.42. The molecule has 0 heterocycles. The molecule has 0 aliphatic rings. The SMILES string of the molecule is C=CCc1ccccc1O.CCCC(c1cc(C(C)(C)C)c(O)cc1C)c1cc(C(C)(C)C)c(O)cc1C. The molecule has 0 unspecified atom stereocenters. The highest BCUT2D eigenvalue weighted by molar-refractivity contribution is 5.52. The lowest BCUT2D eigenvalue weighted by molar-refractivity contribution is 0.445. The molecule has 3 aromatic rings. The third-order valence-electron chi connectivity index (χ3n) is 7.07. The number of benzene rings is 3. The van der Waals surface area contributed by atoms with Gasteiger partial charge in [-0.25, -0.2) is 0 Å². The molecule has 0 atom stereocenters. The summed E-state index contributed by atoms with van der Waals surface area (Å²) >= 11 is 0. The van der Waals surface area contributed by atoms with E-state index in [1.165, 1.54) is 11.1 Å². The first kappa shape index (κ1) is 31.0. The Labute approximate surface area is 230 Å². The second kappa shape index (κ2) is 12.6. The van der Waals surface area contributed by atoms with Crippen LogP contribution in [0.2, 0.25) is 0 Å². The maximum Gasteiger partial charge on any atom is 0.119 e. The summed E-state index contributed by atoms with van der Waals surface area (Å²) in [6.45, 7) is 22.8. The second-order valence-corrected chi connectivity index (χ2v) is 12.4. The van der Waals surface area contributed by atoms with Crippen molar-refractivity contribution in [2.75, 3.05) is 0 Å². The number of para-hydroxylation sites is 1. The molecule has 0 aliphatic carbocycles. The summed E-state index contributed by atoms with van der Waals surface area (Å²) in [6, 6.07) is 15.5. The Hall–Kier alpha value is -3.20. The molecule has 0 bridgehead atoms. The predicted octanol–water partition coefficient (Wildman–Crippen LogP) is 9.36. The monoisotopic (exact) mass is 516 g/mol. The van der Waals surface area contributed by atoms with Crippen LogP contribution in [0.1, 0.15) is 106 Å². The standard InChI is InChI=1S/C26H38O2.C9H10O/c1-10-11-18(19-14-21(25(4,5)6)23(27)12-16(19)2)20-15-22(26(7,8)9)24(28)13-17(20)3;1-2-5-8-6-3-4-7-9(8)10/h12-15,18,27-28H,10-11H2,1-9H3;2-4,6-7,10H,1,5H2. The molecule has 206 valence electrons. The van der Waals surface area contributed by atoms with Gasteiger partial charge in [-0.2, -0.15) is 0 Å². The van der Waals surface area contributed by atoms with Crippen LogP contribution >= 0.6 is 0 Å². The number of phenols is 3. The first-order valence-corrected chi connectivity index (χ1v) is 13.7. The molecular weight excluding hydrogens is 468 g/mol. The summed E-state index contributed by atoms with van der Waals surface area (Å²) in [4.78, 5) is 0. The Morgan fingerprint density at radius 3 is 1.55 bits per heavy atom. The Kier molecular flexibility index (Phi) is 10.3. The zero-order valence-corrected chi connectivity index (χ0v) is 24.9. The van der Waals surface area contributed by atoms with E-state index >= 15 is 0 Å². The van der Waals surface area contributed by atoms with Crippen molar-refractivity contribution in [2.45, 2.75) is 98.3 Å². The van der Waals surface area contributed by atoms with Crippen LogP contribution in [0.15, 0.2) is 61.2 Å². The molecule has 0 aromatic heterocycles. The lowest BCUT2D eigenvalue weighted by Crippen LogP contribution is -2.16. The van der Waals surface area contributed by atoms with Crippen LogP contribution < -0.4 is 0 Å². The lowest BCUT2D eigenvalue weighted by Gasteiger charge is -2.29. The van der Waals surface area contributed by atoms with Gasteiger partial charge in [-0.15, -0.1) is 6.58 Å². The highest BCUT2D eigenvalue weighted by Gasteiger charge is 2.26. The van der Waals surface area contributed by atoms with E-state index in [9.17, 15) is 15.3 Å². The molecule has 3 rings (SSSR count). The Balaban J connectivity index is 0.000000423. The number of rotatable bonds is 6. The smallest absolute Gasteiger partial charge is 0.119 e. The van der Waals surface area contributed by atoms with E-state index in [1.54, 1.807) is 12.1 Å². The second-order valence-electron chi connectivity index (χ2n) is 12.4. The van der Waals surface area contributed by atoms with Gasteiger partial charge in [0.25, 0.3) is 0 Å². The number of aromatic hydroxyl groups is 3. The van der Waals surface area contributed by atoms with Crippen LogP contribution in [0.3, 0.4) is 0 Å². The summed E-state index contributed by atoms with van der Waals surface area (Å²) in [5, 5.41) is 30.3. The topological polar surface area (TPSA) is 60.7 Å². The number of hydrogen-bond donors (Lipinski definition) is 3. The van der Waals surface area contributed by atoms with Gasteiger partial charge in [0.05, 0.1) is 0 Å². The van der Waals surface area contributed by atoms with E-state index in [0.717, 1.165) is 47.1 Å². The molecule has 3 N–H and O–H groups in total. The van der Waals surface area contributed by atoms with Gasteiger partial charge in [0.1, 0.15) is 17.2 Å². The molecule has 0 amide bonds.